The molecular weight excluding hydrogens is 198 g/mol. The van der Waals surface area contributed by atoms with Gasteiger partial charge in [-0.3, -0.25) is 0 Å². The largest absolute Gasteiger partial charge is 0.497 e. The Bertz CT molecular complexity index is 344. The van der Waals surface area contributed by atoms with Crippen LogP contribution in [0.2, 0.25) is 0 Å². The number of hydrogen-bond donors (Lipinski definition) is 1. The molecule has 1 aliphatic rings. The fraction of sp³-hybridized carbons (Fsp3) is 0.571. The summed E-state index contributed by atoms with van der Waals surface area (Å²) >= 11 is 0. The predicted molar refractivity (Wildman–Crippen MR) is 66.9 cm³/mol. The minimum absolute atomic E-state index is 0.501. The molecule has 1 aromatic rings. The van der Waals surface area contributed by atoms with Gasteiger partial charge < -0.3 is 10.1 Å². The highest BCUT2D eigenvalue weighted by Gasteiger charge is 2.35. The van der Waals surface area contributed by atoms with E-state index in [0.717, 1.165) is 18.8 Å². The van der Waals surface area contributed by atoms with E-state index in [1.165, 1.54) is 24.8 Å². The Balaban J connectivity index is 2.06. The van der Waals surface area contributed by atoms with Crippen LogP contribution in [0.3, 0.4) is 0 Å². The fourth-order valence-electron chi connectivity index (χ4n) is 2.61. The molecule has 88 valence electrons. The van der Waals surface area contributed by atoms with Crippen LogP contribution >= 0.6 is 0 Å². The van der Waals surface area contributed by atoms with Gasteiger partial charge in [-0.1, -0.05) is 25.5 Å². The van der Waals surface area contributed by atoms with Crippen molar-refractivity contribution in [3.8, 4) is 5.75 Å². The van der Waals surface area contributed by atoms with Gasteiger partial charge in [0, 0.05) is 13.1 Å². The van der Waals surface area contributed by atoms with Crippen LogP contribution in [-0.2, 0) is 6.42 Å². The van der Waals surface area contributed by atoms with Gasteiger partial charge in [0.25, 0.3) is 0 Å². The van der Waals surface area contributed by atoms with Gasteiger partial charge >= 0.3 is 0 Å². The van der Waals surface area contributed by atoms with Crippen molar-refractivity contribution in [2.75, 3.05) is 20.2 Å². The Morgan fingerprint density at radius 1 is 1.38 bits per heavy atom. The summed E-state index contributed by atoms with van der Waals surface area (Å²) in [7, 11) is 1.73. The van der Waals surface area contributed by atoms with E-state index in [-0.39, 0.29) is 0 Å². The third-order valence-electron chi connectivity index (χ3n) is 3.49. The summed E-state index contributed by atoms with van der Waals surface area (Å²) in [5.74, 6) is 0.969. The number of hydrogen-bond acceptors (Lipinski definition) is 2. The number of rotatable bonds is 5. The molecule has 0 radical (unpaired) electrons. The predicted octanol–water partition coefficient (Wildman–Crippen LogP) is 2.63. The average molecular weight is 219 g/mol. The van der Waals surface area contributed by atoms with Crippen LogP contribution in [0.15, 0.2) is 24.3 Å². The van der Waals surface area contributed by atoms with Crippen LogP contribution in [-0.4, -0.2) is 20.2 Å². The lowest BCUT2D eigenvalue weighted by Crippen LogP contribution is -2.54. The Morgan fingerprint density at radius 3 is 2.75 bits per heavy atom. The maximum Gasteiger partial charge on any atom is 0.119 e. The third kappa shape index (κ3) is 2.38. The van der Waals surface area contributed by atoms with Gasteiger partial charge in [-0.05, 0) is 36.0 Å². The van der Waals surface area contributed by atoms with E-state index in [2.05, 4.69) is 30.4 Å². The monoisotopic (exact) mass is 219 g/mol. The van der Waals surface area contributed by atoms with Crippen LogP contribution in [0.1, 0.15) is 25.3 Å². The van der Waals surface area contributed by atoms with Crippen molar-refractivity contribution in [3.63, 3.8) is 0 Å². The minimum Gasteiger partial charge on any atom is -0.497 e. The van der Waals surface area contributed by atoms with Crippen LogP contribution in [0.4, 0.5) is 0 Å². The van der Waals surface area contributed by atoms with Crippen LogP contribution < -0.4 is 10.1 Å². The lowest BCUT2D eigenvalue weighted by atomic mass is 9.73. The molecule has 16 heavy (non-hydrogen) atoms. The molecule has 2 heteroatoms. The van der Waals surface area contributed by atoms with Gasteiger partial charge in [0.15, 0.2) is 0 Å². The van der Waals surface area contributed by atoms with Gasteiger partial charge in [0.05, 0.1) is 7.11 Å². The Hall–Kier alpha value is -1.02. The molecule has 0 unspecified atom stereocenters. The lowest BCUT2D eigenvalue weighted by molar-refractivity contribution is 0.150. The highest BCUT2D eigenvalue weighted by molar-refractivity contribution is 5.29. The van der Waals surface area contributed by atoms with Crippen molar-refractivity contribution in [2.24, 2.45) is 5.41 Å². The van der Waals surface area contributed by atoms with E-state index < -0.39 is 0 Å². The minimum atomic E-state index is 0.501. The molecular formula is C14H21NO. The quantitative estimate of drug-likeness (QED) is 0.822. The summed E-state index contributed by atoms with van der Waals surface area (Å²) < 4.78 is 5.27. The van der Waals surface area contributed by atoms with Crippen molar-refractivity contribution in [2.45, 2.75) is 26.2 Å². The van der Waals surface area contributed by atoms with Crippen LogP contribution in [0.25, 0.3) is 0 Å². The molecule has 1 fully saturated rings. The van der Waals surface area contributed by atoms with E-state index in [1.807, 2.05) is 6.07 Å². The van der Waals surface area contributed by atoms with Gasteiger partial charge in [0.2, 0.25) is 0 Å². The summed E-state index contributed by atoms with van der Waals surface area (Å²) in [6, 6.07) is 8.46. The lowest BCUT2D eigenvalue weighted by Gasteiger charge is -2.43. The first-order valence-electron chi connectivity index (χ1n) is 6.12. The van der Waals surface area contributed by atoms with Gasteiger partial charge in [0.1, 0.15) is 5.75 Å². The molecule has 1 aliphatic heterocycles. The first-order valence-corrected chi connectivity index (χ1v) is 6.12. The smallest absolute Gasteiger partial charge is 0.119 e. The maximum atomic E-state index is 5.27. The molecule has 2 rings (SSSR count). The molecule has 0 amide bonds. The first-order chi connectivity index (χ1) is 7.78. The Morgan fingerprint density at radius 2 is 2.19 bits per heavy atom. The zero-order valence-electron chi connectivity index (χ0n) is 10.3. The standard InChI is InChI=1S/C14H21NO/c1-3-7-14(10-15-11-14)9-12-5-4-6-13(8-12)16-2/h4-6,8,15H,3,7,9-11H2,1-2H3. The topological polar surface area (TPSA) is 21.3 Å². The summed E-state index contributed by atoms with van der Waals surface area (Å²) in [5, 5.41) is 3.40. The molecule has 0 aromatic heterocycles. The SMILES string of the molecule is CCCC1(Cc2cccc(OC)c2)CNC1. The number of benzene rings is 1. The molecule has 1 aromatic carbocycles. The van der Waals surface area contributed by atoms with Crippen molar-refractivity contribution in [1.29, 1.82) is 0 Å². The van der Waals surface area contributed by atoms with Crippen LogP contribution in [0.5, 0.6) is 5.75 Å². The van der Waals surface area contributed by atoms with Crippen LogP contribution in [0, 0.1) is 5.41 Å². The van der Waals surface area contributed by atoms with Crippen molar-refractivity contribution in [3.05, 3.63) is 29.8 Å². The second kappa shape index (κ2) is 4.88. The Kier molecular flexibility index (Phi) is 3.49. The first kappa shape index (κ1) is 11.5. The van der Waals surface area contributed by atoms with Gasteiger partial charge in [-0.15, -0.1) is 0 Å². The molecule has 1 N–H and O–H groups in total. The zero-order chi connectivity index (χ0) is 11.4. The molecule has 0 spiro atoms. The number of ether oxygens (including phenoxy) is 1. The summed E-state index contributed by atoms with van der Waals surface area (Å²) in [5.41, 5.74) is 1.90. The van der Waals surface area contributed by atoms with E-state index in [1.54, 1.807) is 7.11 Å². The van der Waals surface area contributed by atoms with E-state index >= 15 is 0 Å². The summed E-state index contributed by atoms with van der Waals surface area (Å²) in [6.45, 7) is 4.60. The highest BCUT2D eigenvalue weighted by atomic mass is 16.5. The number of nitrogens with one attached hydrogen (secondary N) is 1. The third-order valence-corrected chi connectivity index (χ3v) is 3.49. The number of methoxy groups -OCH3 is 1. The molecule has 0 saturated carbocycles. The Labute approximate surface area is 98.0 Å². The maximum absolute atomic E-state index is 5.27. The van der Waals surface area contributed by atoms with Gasteiger partial charge in [-0.25, -0.2) is 0 Å². The molecule has 0 atom stereocenters. The molecule has 0 bridgehead atoms. The molecule has 1 heterocycles. The average Bonchev–Trinajstić information content (AvgIpc) is 2.26. The summed E-state index contributed by atoms with van der Waals surface area (Å²) in [6.07, 6.45) is 3.76. The second-order valence-electron chi connectivity index (χ2n) is 4.88. The normalized spacial score (nSPS) is 17.9. The highest BCUT2D eigenvalue weighted by Crippen LogP contribution is 2.33. The molecule has 1 saturated heterocycles. The fourth-order valence-corrected chi connectivity index (χ4v) is 2.61. The van der Waals surface area contributed by atoms with E-state index in [0.29, 0.717) is 5.41 Å². The van der Waals surface area contributed by atoms with Gasteiger partial charge in [-0.2, -0.15) is 0 Å². The van der Waals surface area contributed by atoms with E-state index in [9.17, 15) is 0 Å². The summed E-state index contributed by atoms with van der Waals surface area (Å²) in [4.78, 5) is 0. The van der Waals surface area contributed by atoms with E-state index in [4.69, 9.17) is 4.74 Å². The second-order valence-corrected chi connectivity index (χ2v) is 4.88. The van der Waals surface area contributed by atoms with Crippen molar-refractivity contribution >= 4 is 0 Å². The zero-order valence-corrected chi connectivity index (χ0v) is 10.3. The molecule has 0 aliphatic carbocycles. The molecule has 2 nitrogen and oxygen atoms in total. The van der Waals surface area contributed by atoms with Crippen molar-refractivity contribution in [1.82, 2.24) is 5.32 Å². The van der Waals surface area contributed by atoms with Crippen molar-refractivity contribution < 1.29 is 4.74 Å².